The first kappa shape index (κ1) is 16.7. The van der Waals surface area contributed by atoms with Crippen molar-refractivity contribution in [2.45, 2.75) is 19.8 Å². The van der Waals surface area contributed by atoms with Crippen molar-refractivity contribution in [3.8, 4) is 0 Å². The van der Waals surface area contributed by atoms with Gasteiger partial charge in [-0.3, -0.25) is 0 Å². The molecule has 4 heteroatoms. The van der Waals surface area contributed by atoms with E-state index in [9.17, 15) is 9.59 Å². The molecule has 0 saturated heterocycles. The molecule has 0 aliphatic heterocycles. The number of ether oxygens (including phenoxy) is 2. The molecule has 0 saturated carbocycles. The van der Waals surface area contributed by atoms with E-state index in [4.69, 9.17) is 9.47 Å². The third-order valence-corrected chi connectivity index (χ3v) is 2.58. The Balaban J connectivity index is 2.10. The Morgan fingerprint density at radius 3 is 2.33 bits per heavy atom. The van der Waals surface area contributed by atoms with E-state index in [-0.39, 0.29) is 5.97 Å². The van der Waals surface area contributed by atoms with Gasteiger partial charge in [0, 0.05) is 11.6 Å². The molecule has 0 radical (unpaired) electrons. The van der Waals surface area contributed by atoms with Crippen molar-refractivity contribution in [1.82, 2.24) is 0 Å². The van der Waals surface area contributed by atoms with Gasteiger partial charge in [0.05, 0.1) is 13.2 Å². The first-order valence-electron chi connectivity index (χ1n) is 6.82. The fraction of sp³-hybridized carbons (Fsp3) is 0.294. The van der Waals surface area contributed by atoms with Crippen LogP contribution in [-0.4, -0.2) is 25.2 Å². The molecule has 0 bridgehead atoms. The van der Waals surface area contributed by atoms with Gasteiger partial charge < -0.3 is 9.47 Å². The van der Waals surface area contributed by atoms with Crippen molar-refractivity contribution >= 4 is 18.0 Å². The molecule has 0 aromatic heterocycles. The van der Waals surface area contributed by atoms with Crippen LogP contribution in [0.15, 0.2) is 48.6 Å². The van der Waals surface area contributed by atoms with E-state index >= 15 is 0 Å². The largest absolute Gasteiger partial charge is 0.463 e. The SMILES string of the molecule is C=C(C)C(=O)OCCCCOC(=O)/C=C/c1ccccc1. The topological polar surface area (TPSA) is 52.6 Å². The number of hydrogen-bond acceptors (Lipinski definition) is 4. The van der Waals surface area contributed by atoms with E-state index in [0.717, 1.165) is 5.56 Å². The number of carbonyl (C=O) groups is 2. The Kier molecular flexibility index (Phi) is 7.58. The zero-order chi connectivity index (χ0) is 15.5. The van der Waals surface area contributed by atoms with Gasteiger partial charge in [-0.2, -0.15) is 0 Å². The van der Waals surface area contributed by atoms with Gasteiger partial charge in [-0.05, 0) is 31.4 Å². The van der Waals surface area contributed by atoms with Crippen LogP contribution in [0.1, 0.15) is 25.3 Å². The fourth-order valence-electron chi connectivity index (χ4n) is 1.44. The molecule has 0 heterocycles. The number of hydrogen-bond donors (Lipinski definition) is 0. The smallest absolute Gasteiger partial charge is 0.333 e. The maximum absolute atomic E-state index is 11.4. The quantitative estimate of drug-likeness (QED) is 0.419. The fourth-order valence-corrected chi connectivity index (χ4v) is 1.44. The Morgan fingerprint density at radius 2 is 1.71 bits per heavy atom. The summed E-state index contributed by atoms with van der Waals surface area (Å²) >= 11 is 0. The van der Waals surface area contributed by atoms with Crippen LogP contribution in [0.2, 0.25) is 0 Å². The molecule has 0 unspecified atom stereocenters. The minimum Gasteiger partial charge on any atom is -0.463 e. The first-order valence-corrected chi connectivity index (χ1v) is 6.82. The van der Waals surface area contributed by atoms with E-state index in [1.807, 2.05) is 30.3 Å². The van der Waals surface area contributed by atoms with E-state index in [0.29, 0.717) is 31.6 Å². The lowest BCUT2D eigenvalue weighted by atomic mass is 10.2. The molecule has 0 amide bonds. The van der Waals surface area contributed by atoms with Gasteiger partial charge in [0.2, 0.25) is 0 Å². The third-order valence-electron chi connectivity index (χ3n) is 2.58. The second kappa shape index (κ2) is 9.53. The van der Waals surface area contributed by atoms with Crippen molar-refractivity contribution in [2.24, 2.45) is 0 Å². The van der Waals surface area contributed by atoms with Crippen LogP contribution >= 0.6 is 0 Å². The predicted octanol–water partition coefficient (Wildman–Crippen LogP) is 3.14. The molecule has 0 spiro atoms. The average Bonchev–Trinajstić information content (AvgIpc) is 2.49. The molecule has 21 heavy (non-hydrogen) atoms. The zero-order valence-corrected chi connectivity index (χ0v) is 12.2. The van der Waals surface area contributed by atoms with Crippen molar-refractivity contribution in [2.75, 3.05) is 13.2 Å². The molecule has 0 N–H and O–H groups in total. The molecule has 1 aromatic carbocycles. The van der Waals surface area contributed by atoms with Crippen molar-refractivity contribution in [3.05, 3.63) is 54.1 Å². The van der Waals surface area contributed by atoms with Gasteiger partial charge in [-0.15, -0.1) is 0 Å². The lowest BCUT2D eigenvalue weighted by molar-refractivity contribution is -0.140. The maximum atomic E-state index is 11.4. The minimum atomic E-state index is -0.391. The van der Waals surface area contributed by atoms with E-state index in [1.54, 1.807) is 13.0 Å². The maximum Gasteiger partial charge on any atom is 0.333 e. The van der Waals surface area contributed by atoms with Gasteiger partial charge in [0.1, 0.15) is 0 Å². The zero-order valence-electron chi connectivity index (χ0n) is 12.2. The monoisotopic (exact) mass is 288 g/mol. The first-order chi connectivity index (χ1) is 10.1. The van der Waals surface area contributed by atoms with Crippen molar-refractivity contribution < 1.29 is 19.1 Å². The van der Waals surface area contributed by atoms with Crippen LogP contribution in [0.3, 0.4) is 0 Å². The van der Waals surface area contributed by atoms with E-state index < -0.39 is 5.97 Å². The Bertz CT molecular complexity index is 503. The third kappa shape index (κ3) is 7.72. The molecular formula is C17H20O4. The number of carbonyl (C=O) groups excluding carboxylic acids is 2. The summed E-state index contributed by atoms with van der Waals surface area (Å²) < 4.78 is 9.96. The molecule has 0 aliphatic rings. The number of unbranched alkanes of at least 4 members (excludes halogenated alkanes) is 1. The van der Waals surface area contributed by atoms with Gasteiger partial charge in [0.25, 0.3) is 0 Å². The predicted molar refractivity (Wildman–Crippen MR) is 81.4 cm³/mol. The summed E-state index contributed by atoms with van der Waals surface area (Å²) in [6, 6.07) is 9.52. The molecule has 0 fully saturated rings. The highest BCUT2D eigenvalue weighted by Crippen LogP contribution is 2.01. The standard InChI is InChI=1S/C17H20O4/c1-14(2)17(19)21-13-7-6-12-20-16(18)11-10-15-8-4-3-5-9-15/h3-5,8-11H,1,6-7,12-13H2,2H3/b11-10+. The van der Waals surface area contributed by atoms with E-state index in [1.165, 1.54) is 6.08 Å². The molecular weight excluding hydrogens is 268 g/mol. The van der Waals surface area contributed by atoms with Gasteiger partial charge in [0.15, 0.2) is 0 Å². The Labute approximate surface area is 125 Å². The second-order valence-electron chi connectivity index (χ2n) is 4.53. The van der Waals surface area contributed by atoms with Crippen LogP contribution in [0.25, 0.3) is 6.08 Å². The highest BCUT2D eigenvalue weighted by atomic mass is 16.5. The number of rotatable bonds is 8. The summed E-state index contributed by atoms with van der Waals surface area (Å²) in [7, 11) is 0. The van der Waals surface area contributed by atoms with Gasteiger partial charge >= 0.3 is 11.9 Å². The highest BCUT2D eigenvalue weighted by molar-refractivity contribution is 5.87. The molecule has 1 aromatic rings. The Hall–Kier alpha value is -2.36. The van der Waals surface area contributed by atoms with Crippen LogP contribution in [-0.2, 0) is 19.1 Å². The number of esters is 2. The summed E-state index contributed by atoms with van der Waals surface area (Å²) in [4.78, 5) is 22.5. The van der Waals surface area contributed by atoms with E-state index in [2.05, 4.69) is 6.58 Å². The summed E-state index contributed by atoms with van der Waals surface area (Å²) in [5.41, 5.74) is 1.33. The minimum absolute atomic E-state index is 0.308. The van der Waals surface area contributed by atoms with Crippen LogP contribution in [0.4, 0.5) is 0 Å². The molecule has 112 valence electrons. The van der Waals surface area contributed by atoms with Crippen LogP contribution in [0, 0.1) is 0 Å². The van der Waals surface area contributed by atoms with Gasteiger partial charge in [-0.25, -0.2) is 9.59 Å². The molecule has 4 nitrogen and oxygen atoms in total. The summed E-state index contributed by atoms with van der Waals surface area (Å²) in [6.45, 7) is 5.70. The lowest BCUT2D eigenvalue weighted by Gasteiger charge is -2.04. The van der Waals surface area contributed by atoms with Crippen molar-refractivity contribution in [3.63, 3.8) is 0 Å². The molecule has 1 rings (SSSR count). The van der Waals surface area contributed by atoms with Crippen LogP contribution in [0.5, 0.6) is 0 Å². The highest BCUT2D eigenvalue weighted by Gasteiger charge is 2.02. The summed E-state index contributed by atoms with van der Waals surface area (Å²) in [5.74, 6) is -0.768. The average molecular weight is 288 g/mol. The summed E-state index contributed by atoms with van der Waals surface area (Å²) in [5, 5.41) is 0. The second-order valence-corrected chi connectivity index (χ2v) is 4.53. The molecule has 0 aliphatic carbocycles. The molecule has 0 atom stereocenters. The number of benzene rings is 1. The normalized spacial score (nSPS) is 10.3. The lowest BCUT2D eigenvalue weighted by Crippen LogP contribution is -2.08. The van der Waals surface area contributed by atoms with Gasteiger partial charge in [-0.1, -0.05) is 36.9 Å². The van der Waals surface area contributed by atoms with Crippen LogP contribution < -0.4 is 0 Å². The Morgan fingerprint density at radius 1 is 1.10 bits per heavy atom. The van der Waals surface area contributed by atoms with Crippen molar-refractivity contribution in [1.29, 1.82) is 0 Å². The summed E-state index contributed by atoms with van der Waals surface area (Å²) in [6.07, 6.45) is 4.40.